The molecule has 0 aromatic heterocycles. The molecule has 0 saturated heterocycles. The van der Waals surface area contributed by atoms with E-state index in [1.807, 2.05) is 36.4 Å². The van der Waals surface area contributed by atoms with Gasteiger partial charge in [-0.15, -0.1) is 0 Å². The summed E-state index contributed by atoms with van der Waals surface area (Å²) < 4.78 is 5.59. The maximum Gasteiger partial charge on any atom is 0.408 e. The molecule has 7 nitrogen and oxygen atoms in total. The molecule has 8 heteroatoms. The summed E-state index contributed by atoms with van der Waals surface area (Å²) in [6, 6.07) is 22.4. The fourth-order valence-electron chi connectivity index (χ4n) is 4.64. The molecule has 0 unspecified atom stereocenters. The Hall–Kier alpha value is -3.84. The number of hydrogen-bond donors (Lipinski definition) is 2. The molecule has 1 fully saturated rings. The first kappa shape index (κ1) is 22.9. The molecule has 2 aliphatic rings. The Balaban J connectivity index is 1.29. The van der Waals surface area contributed by atoms with Gasteiger partial charge in [0.05, 0.1) is 0 Å². The van der Waals surface area contributed by atoms with Crippen molar-refractivity contribution < 1.29 is 24.2 Å². The lowest BCUT2D eigenvalue weighted by molar-refractivity contribution is -0.137. The van der Waals surface area contributed by atoms with Crippen molar-refractivity contribution >= 4 is 35.3 Å². The third kappa shape index (κ3) is 4.47. The second kappa shape index (κ2) is 9.07. The molecule has 0 bridgehead atoms. The zero-order chi connectivity index (χ0) is 24.6. The van der Waals surface area contributed by atoms with Crippen LogP contribution in [0, 0.1) is 0 Å². The molecule has 1 saturated carbocycles. The number of alkyl carbamates (subject to hydrolysis) is 1. The molecule has 178 valence electrons. The first-order chi connectivity index (χ1) is 16.9. The van der Waals surface area contributed by atoms with Gasteiger partial charge in [0.25, 0.3) is 5.91 Å². The van der Waals surface area contributed by atoms with E-state index in [0.29, 0.717) is 23.6 Å². The van der Waals surface area contributed by atoms with E-state index in [0.717, 1.165) is 27.2 Å². The van der Waals surface area contributed by atoms with E-state index >= 15 is 0 Å². The van der Waals surface area contributed by atoms with Crippen LogP contribution in [-0.2, 0) is 14.3 Å². The number of halogens is 1. The number of amides is 2. The van der Waals surface area contributed by atoms with Crippen molar-refractivity contribution in [2.75, 3.05) is 18.1 Å². The number of benzene rings is 3. The number of carbonyl (C=O) groups is 3. The summed E-state index contributed by atoms with van der Waals surface area (Å²) in [5.74, 6) is -1.75. The van der Waals surface area contributed by atoms with Gasteiger partial charge in [-0.25, -0.2) is 4.79 Å². The Morgan fingerprint density at radius 2 is 1.51 bits per heavy atom. The first-order valence-electron chi connectivity index (χ1n) is 11.3. The highest BCUT2D eigenvalue weighted by molar-refractivity contribution is 6.30. The first-order valence-corrected chi connectivity index (χ1v) is 11.7. The van der Waals surface area contributed by atoms with Crippen LogP contribution in [0.1, 0.15) is 29.9 Å². The van der Waals surface area contributed by atoms with E-state index in [1.54, 1.807) is 24.3 Å². The third-order valence-corrected chi connectivity index (χ3v) is 6.77. The second-order valence-electron chi connectivity index (χ2n) is 8.79. The number of rotatable bonds is 7. The summed E-state index contributed by atoms with van der Waals surface area (Å²) in [4.78, 5) is 38.7. The predicted molar refractivity (Wildman–Crippen MR) is 132 cm³/mol. The van der Waals surface area contributed by atoms with E-state index in [2.05, 4.69) is 17.4 Å². The molecule has 0 heterocycles. The van der Waals surface area contributed by atoms with Gasteiger partial charge in [0.2, 0.25) is 0 Å². The van der Waals surface area contributed by atoms with Crippen LogP contribution in [0.2, 0.25) is 5.02 Å². The van der Waals surface area contributed by atoms with E-state index < -0.39 is 30.1 Å². The molecule has 0 spiro atoms. The highest BCUT2D eigenvalue weighted by Crippen LogP contribution is 2.44. The lowest BCUT2D eigenvalue weighted by Gasteiger charge is -2.27. The van der Waals surface area contributed by atoms with Crippen molar-refractivity contribution in [3.8, 4) is 11.1 Å². The molecule has 2 aliphatic carbocycles. The summed E-state index contributed by atoms with van der Waals surface area (Å²) in [7, 11) is 0. The summed E-state index contributed by atoms with van der Waals surface area (Å²) in [6.07, 6.45) is 0.100. The minimum atomic E-state index is -1.18. The molecular weight excluding hydrogens is 468 g/mol. The van der Waals surface area contributed by atoms with Crippen LogP contribution < -0.4 is 10.2 Å². The van der Waals surface area contributed by atoms with Crippen LogP contribution in [0.3, 0.4) is 0 Å². The van der Waals surface area contributed by atoms with Crippen molar-refractivity contribution in [2.45, 2.75) is 24.3 Å². The number of carboxylic acids is 1. The minimum absolute atomic E-state index is 0.100. The summed E-state index contributed by atoms with van der Waals surface area (Å²) in [6.45, 7) is -0.408. The summed E-state index contributed by atoms with van der Waals surface area (Å²) >= 11 is 5.93. The average molecular weight is 491 g/mol. The molecule has 35 heavy (non-hydrogen) atoms. The van der Waals surface area contributed by atoms with Gasteiger partial charge in [-0.05, 0) is 59.4 Å². The summed E-state index contributed by atoms with van der Waals surface area (Å²) in [5, 5.41) is 12.5. The predicted octanol–water partition coefficient (Wildman–Crippen LogP) is 4.83. The molecule has 2 N–H and O–H groups in total. The van der Waals surface area contributed by atoms with Crippen LogP contribution in [-0.4, -0.2) is 41.8 Å². The van der Waals surface area contributed by atoms with Gasteiger partial charge >= 0.3 is 12.1 Å². The van der Waals surface area contributed by atoms with Crippen LogP contribution in [0.5, 0.6) is 0 Å². The molecule has 2 amide bonds. The van der Waals surface area contributed by atoms with E-state index in [1.165, 1.54) is 0 Å². The lowest BCUT2D eigenvalue weighted by atomic mass is 9.98. The molecule has 5 rings (SSSR count). The minimum Gasteiger partial charge on any atom is -0.480 e. The van der Waals surface area contributed by atoms with Crippen molar-refractivity contribution in [2.24, 2.45) is 0 Å². The SMILES string of the molecule is O=C(O)CN(C(=O)C1(NC(=O)OCC2c3ccccc3-c3ccccc32)CC1)c1ccc(Cl)cc1. The standard InChI is InChI=1S/C27H23ClN2O5/c28-17-9-11-18(12-10-17)30(15-24(31)32)25(33)27(13-14-27)29-26(34)35-16-23-21-7-3-1-5-19(21)20-6-2-4-8-22(20)23/h1-12,23H,13-16H2,(H,29,34)(H,31,32). The number of nitrogens with zero attached hydrogens (tertiary/aromatic N) is 1. The number of carboxylic acid groups (broad SMARTS) is 1. The largest absolute Gasteiger partial charge is 0.480 e. The number of ether oxygens (including phenoxy) is 1. The van der Waals surface area contributed by atoms with Gasteiger partial charge in [-0.3, -0.25) is 14.5 Å². The van der Waals surface area contributed by atoms with Gasteiger partial charge in [0, 0.05) is 16.6 Å². The smallest absolute Gasteiger partial charge is 0.408 e. The van der Waals surface area contributed by atoms with Crippen LogP contribution in [0.25, 0.3) is 11.1 Å². The fraction of sp³-hybridized carbons (Fsp3) is 0.222. The number of nitrogens with one attached hydrogen (secondary N) is 1. The number of hydrogen-bond acceptors (Lipinski definition) is 4. The van der Waals surface area contributed by atoms with Crippen molar-refractivity contribution in [3.63, 3.8) is 0 Å². The van der Waals surface area contributed by atoms with Crippen LogP contribution in [0.15, 0.2) is 72.8 Å². The topological polar surface area (TPSA) is 95.9 Å². The van der Waals surface area contributed by atoms with Gasteiger partial charge < -0.3 is 15.2 Å². The van der Waals surface area contributed by atoms with E-state index in [9.17, 15) is 19.5 Å². The average Bonchev–Trinajstić information content (AvgIpc) is 3.56. The number of fused-ring (bicyclic) bond motifs is 3. The number of aliphatic carboxylic acids is 1. The number of anilines is 1. The molecular formula is C27H23ClN2O5. The van der Waals surface area contributed by atoms with Crippen molar-refractivity contribution in [1.29, 1.82) is 0 Å². The van der Waals surface area contributed by atoms with Gasteiger partial charge in [0.15, 0.2) is 0 Å². The number of carbonyl (C=O) groups excluding carboxylic acids is 2. The van der Waals surface area contributed by atoms with Crippen LogP contribution in [0.4, 0.5) is 10.5 Å². The van der Waals surface area contributed by atoms with Gasteiger partial charge in [-0.1, -0.05) is 60.1 Å². The quantitative estimate of drug-likeness (QED) is 0.494. The zero-order valence-corrected chi connectivity index (χ0v) is 19.5. The molecule has 3 aromatic carbocycles. The Morgan fingerprint density at radius 1 is 0.943 bits per heavy atom. The van der Waals surface area contributed by atoms with Crippen molar-refractivity contribution in [3.05, 3.63) is 88.9 Å². The lowest BCUT2D eigenvalue weighted by Crippen LogP contribution is -2.52. The maximum absolute atomic E-state index is 13.3. The normalized spacial score (nSPS) is 15.0. The second-order valence-corrected chi connectivity index (χ2v) is 9.23. The maximum atomic E-state index is 13.3. The van der Waals surface area contributed by atoms with Gasteiger partial charge in [-0.2, -0.15) is 0 Å². The molecule has 3 aromatic rings. The highest BCUT2D eigenvalue weighted by Gasteiger charge is 2.54. The van der Waals surface area contributed by atoms with Crippen LogP contribution >= 0.6 is 11.6 Å². The Kier molecular flexibility index (Phi) is 5.94. The Morgan fingerprint density at radius 3 is 2.06 bits per heavy atom. The Labute approximate surface area is 207 Å². The van der Waals surface area contributed by atoms with E-state index in [4.69, 9.17) is 16.3 Å². The Bertz CT molecular complexity index is 1260. The molecule has 0 radical (unpaired) electrons. The van der Waals surface area contributed by atoms with E-state index in [-0.39, 0.29) is 12.5 Å². The molecule has 0 aliphatic heterocycles. The van der Waals surface area contributed by atoms with Gasteiger partial charge in [0.1, 0.15) is 18.7 Å². The summed E-state index contributed by atoms with van der Waals surface area (Å²) in [5.41, 5.74) is 3.64. The monoisotopic (exact) mass is 490 g/mol. The molecule has 0 atom stereocenters. The highest BCUT2D eigenvalue weighted by atomic mass is 35.5. The van der Waals surface area contributed by atoms with Crippen molar-refractivity contribution in [1.82, 2.24) is 5.32 Å². The third-order valence-electron chi connectivity index (χ3n) is 6.52. The fourth-order valence-corrected chi connectivity index (χ4v) is 4.77. The zero-order valence-electron chi connectivity index (χ0n) is 18.7.